The van der Waals surface area contributed by atoms with Gasteiger partial charge in [-0.3, -0.25) is 4.79 Å². The van der Waals surface area contributed by atoms with Crippen molar-refractivity contribution in [3.63, 3.8) is 0 Å². The van der Waals surface area contributed by atoms with E-state index in [1.54, 1.807) is 19.1 Å². The van der Waals surface area contributed by atoms with E-state index in [1.807, 2.05) is 24.3 Å². The molecular weight excluding hydrogens is 252 g/mol. The Hall–Kier alpha value is -2.02. The van der Waals surface area contributed by atoms with Crippen LogP contribution in [-0.2, 0) is 4.79 Å². The Balaban J connectivity index is 2.25. The van der Waals surface area contributed by atoms with Crippen LogP contribution in [0.5, 0.6) is 5.75 Å². The molecule has 0 heterocycles. The molecule has 4 nitrogen and oxygen atoms in total. The van der Waals surface area contributed by atoms with Crippen LogP contribution in [0, 0.1) is 16.7 Å². The number of carbonyl (C=O) groups excluding carboxylic acids is 1. The average Bonchev–Trinajstić information content (AvgIpc) is 2.54. The molecule has 1 aliphatic rings. The minimum atomic E-state index is -0.851. The third kappa shape index (κ3) is 2.62. The summed E-state index contributed by atoms with van der Waals surface area (Å²) in [4.78, 5) is 14.3. The van der Waals surface area contributed by atoms with Gasteiger partial charge >= 0.3 is 0 Å². The van der Waals surface area contributed by atoms with Gasteiger partial charge in [0.15, 0.2) is 0 Å². The lowest BCUT2D eigenvalue weighted by Crippen LogP contribution is -2.42. The van der Waals surface area contributed by atoms with Gasteiger partial charge in [0, 0.05) is 18.8 Å². The highest BCUT2D eigenvalue weighted by Gasteiger charge is 2.41. The molecule has 1 amide bonds. The van der Waals surface area contributed by atoms with E-state index in [4.69, 9.17) is 4.74 Å². The second-order valence-corrected chi connectivity index (χ2v) is 5.32. The summed E-state index contributed by atoms with van der Waals surface area (Å²) in [6.45, 7) is 0. The summed E-state index contributed by atoms with van der Waals surface area (Å²) in [7, 11) is 3.32. The molecule has 1 fully saturated rings. The van der Waals surface area contributed by atoms with Crippen molar-refractivity contribution >= 4 is 11.6 Å². The number of hydrogen-bond acceptors (Lipinski definition) is 3. The van der Waals surface area contributed by atoms with Gasteiger partial charge in [-0.15, -0.1) is 0 Å². The minimum Gasteiger partial charge on any atom is -0.497 e. The Morgan fingerprint density at radius 1 is 1.35 bits per heavy atom. The number of nitrogens with zero attached hydrogens (tertiary/aromatic N) is 2. The lowest BCUT2D eigenvalue weighted by molar-refractivity contribution is -0.126. The van der Waals surface area contributed by atoms with Gasteiger partial charge in [0.1, 0.15) is 11.2 Å². The predicted octanol–water partition coefficient (Wildman–Crippen LogP) is 3.13. The summed E-state index contributed by atoms with van der Waals surface area (Å²) in [5, 5.41) is 9.49. The van der Waals surface area contributed by atoms with Crippen LogP contribution in [-0.4, -0.2) is 20.1 Å². The molecule has 1 aromatic rings. The number of amides is 1. The molecule has 0 unspecified atom stereocenters. The molecule has 1 aliphatic carbocycles. The summed E-state index contributed by atoms with van der Waals surface area (Å²) >= 11 is 0. The van der Waals surface area contributed by atoms with Crippen molar-refractivity contribution in [3.05, 3.63) is 24.3 Å². The molecule has 0 radical (unpaired) electrons. The summed E-state index contributed by atoms with van der Waals surface area (Å²) < 4.78 is 5.18. The van der Waals surface area contributed by atoms with E-state index in [2.05, 4.69) is 6.07 Å². The van der Waals surface area contributed by atoms with Crippen LogP contribution in [0.25, 0.3) is 0 Å². The van der Waals surface area contributed by atoms with Crippen molar-refractivity contribution in [1.29, 1.82) is 5.26 Å². The molecule has 20 heavy (non-hydrogen) atoms. The maximum absolute atomic E-state index is 12.7. The van der Waals surface area contributed by atoms with Crippen molar-refractivity contribution in [2.24, 2.45) is 5.41 Å². The van der Waals surface area contributed by atoms with E-state index in [0.717, 1.165) is 24.9 Å². The number of benzene rings is 1. The molecule has 0 spiro atoms. The van der Waals surface area contributed by atoms with Crippen LogP contribution < -0.4 is 9.64 Å². The number of ether oxygens (including phenoxy) is 1. The van der Waals surface area contributed by atoms with E-state index in [-0.39, 0.29) is 5.91 Å². The first-order valence-corrected chi connectivity index (χ1v) is 6.96. The minimum absolute atomic E-state index is 0.104. The third-order valence-corrected chi connectivity index (χ3v) is 4.08. The van der Waals surface area contributed by atoms with Gasteiger partial charge in [0.2, 0.25) is 5.91 Å². The topological polar surface area (TPSA) is 53.3 Å². The zero-order chi connectivity index (χ0) is 14.6. The van der Waals surface area contributed by atoms with Gasteiger partial charge in [-0.1, -0.05) is 25.3 Å². The molecule has 0 saturated heterocycles. The zero-order valence-electron chi connectivity index (χ0n) is 12.1. The van der Waals surface area contributed by atoms with Gasteiger partial charge in [0.25, 0.3) is 0 Å². The SMILES string of the molecule is COc1cccc(N(C)C(=O)C2(C#N)CCCCC2)c1. The second-order valence-electron chi connectivity index (χ2n) is 5.32. The van der Waals surface area contributed by atoms with E-state index >= 15 is 0 Å². The number of carbonyl (C=O) groups is 1. The summed E-state index contributed by atoms with van der Waals surface area (Å²) in [5.74, 6) is 0.602. The molecule has 0 aliphatic heterocycles. The van der Waals surface area contributed by atoms with Gasteiger partial charge < -0.3 is 9.64 Å². The van der Waals surface area contributed by atoms with Crippen LogP contribution in [0.4, 0.5) is 5.69 Å². The lowest BCUT2D eigenvalue weighted by atomic mass is 9.74. The van der Waals surface area contributed by atoms with Crippen molar-refractivity contribution < 1.29 is 9.53 Å². The Labute approximate surface area is 120 Å². The second kappa shape index (κ2) is 5.96. The fraction of sp³-hybridized carbons (Fsp3) is 0.500. The standard InChI is InChI=1S/C16H20N2O2/c1-18(13-7-6-8-14(11-13)20-2)15(19)16(12-17)9-4-3-5-10-16/h6-8,11H,3-5,9-10H2,1-2H3. The van der Waals surface area contributed by atoms with Crippen molar-refractivity contribution in [2.45, 2.75) is 32.1 Å². The highest BCUT2D eigenvalue weighted by atomic mass is 16.5. The van der Waals surface area contributed by atoms with Crippen LogP contribution in [0.3, 0.4) is 0 Å². The van der Waals surface area contributed by atoms with Crippen LogP contribution in [0.1, 0.15) is 32.1 Å². The van der Waals surface area contributed by atoms with E-state index in [1.165, 1.54) is 0 Å². The summed E-state index contributed by atoms with van der Waals surface area (Å²) in [6, 6.07) is 9.62. The third-order valence-electron chi connectivity index (χ3n) is 4.08. The molecule has 0 atom stereocenters. The predicted molar refractivity (Wildman–Crippen MR) is 77.5 cm³/mol. The highest BCUT2D eigenvalue weighted by Crippen LogP contribution is 2.38. The maximum atomic E-state index is 12.7. The number of nitriles is 1. The molecule has 0 N–H and O–H groups in total. The zero-order valence-corrected chi connectivity index (χ0v) is 12.1. The number of anilines is 1. The van der Waals surface area contributed by atoms with Crippen LogP contribution >= 0.6 is 0 Å². The van der Waals surface area contributed by atoms with Crippen molar-refractivity contribution in [2.75, 3.05) is 19.1 Å². The molecule has 0 aromatic heterocycles. The molecule has 2 rings (SSSR count). The molecule has 1 aromatic carbocycles. The van der Waals surface area contributed by atoms with Gasteiger partial charge in [-0.2, -0.15) is 5.26 Å². The van der Waals surface area contributed by atoms with Gasteiger partial charge in [0.05, 0.1) is 13.2 Å². The quantitative estimate of drug-likeness (QED) is 0.849. The normalized spacial score (nSPS) is 17.1. The number of methoxy groups -OCH3 is 1. The van der Waals surface area contributed by atoms with E-state index < -0.39 is 5.41 Å². The number of rotatable bonds is 3. The maximum Gasteiger partial charge on any atom is 0.247 e. The van der Waals surface area contributed by atoms with Crippen molar-refractivity contribution in [1.82, 2.24) is 0 Å². The average molecular weight is 272 g/mol. The number of hydrogen-bond donors (Lipinski definition) is 0. The lowest BCUT2D eigenvalue weighted by Gasteiger charge is -2.33. The Morgan fingerprint density at radius 2 is 2.05 bits per heavy atom. The molecule has 106 valence electrons. The van der Waals surface area contributed by atoms with Crippen LogP contribution in [0.2, 0.25) is 0 Å². The smallest absolute Gasteiger partial charge is 0.247 e. The summed E-state index contributed by atoms with van der Waals surface area (Å²) in [6.07, 6.45) is 4.34. The Bertz CT molecular complexity index is 528. The Morgan fingerprint density at radius 3 is 2.65 bits per heavy atom. The first-order chi connectivity index (χ1) is 9.63. The largest absolute Gasteiger partial charge is 0.497 e. The first-order valence-electron chi connectivity index (χ1n) is 6.96. The fourth-order valence-corrected chi connectivity index (χ4v) is 2.79. The van der Waals surface area contributed by atoms with Crippen LogP contribution in [0.15, 0.2) is 24.3 Å². The fourth-order valence-electron chi connectivity index (χ4n) is 2.79. The molecular formula is C16H20N2O2. The van der Waals surface area contributed by atoms with Crippen molar-refractivity contribution in [3.8, 4) is 11.8 Å². The van der Waals surface area contributed by atoms with E-state index in [9.17, 15) is 10.1 Å². The monoisotopic (exact) mass is 272 g/mol. The molecule has 4 heteroatoms. The van der Waals surface area contributed by atoms with E-state index in [0.29, 0.717) is 18.6 Å². The van der Waals surface area contributed by atoms with Gasteiger partial charge in [-0.05, 0) is 25.0 Å². The molecule has 1 saturated carbocycles. The highest BCUT2D eigenvalue weighted by molar-refractivity contribution is 5.99. The Kier molecular flexibility index (Phi) is 4.29. The summed E-state index contributed by atoms with van der Waals surface area (Å²) in [5.41, 5.74) is -0.0923. The molecule has 0 bridgehead atoms. The first kappa shape index (κ1) is 14.4. The van der Waals surface area contributed by atoms with Gasteiger partial charge in [-0.25, -0.2) is 0 Å².